The molecule has 0 atom stereocenters. The number of thiazole rings is 1. The van der Waals surface area contributed by atoms with Gasteiger partial charge in [0.2, 0.25) is 0 Å². The number of halogens is 1. The summed E-state index contributed by atoms with van der Waals surface area (Å²) in [7, 11) is 0. The zero-order valence-electron chi connectivity index (χ0n) is 8.81. The van der Waals surface area contributed by atoms with Gasteiger partial charge in [0.15, 0.2) is 0 Å². The molecule has 6 heteroatoms. The van der Waals surface area contributed by atoms with Crippen LogP contribution >= 0.6 is 22.9 Å². The van der Waals surface area contributed by atoms with Crippen molar-refractivity contribution in [3.8, 4) is 0 Å². The highest BCUT2D eigenvalue weighted by molar-refractivity contribution is 7.09. The van der Waals surface area contributed by atoms with Crippen molar-refractivity contribution in [1.29, 1.82) is 0 Å². The minimum Gasteiger partial charge on any atom is -0.398 e. The molecule has 0 saturated heterocycles. The molecule has 0 unspecified atom stereocenters. The van der Waals surface area contributed by atoms with Gasteiger partial charge in [-0.25, -0.2) is 0 Å². The zero-order valence-corrected chi connectivity index (χ0v) is 10.4. The van der Waals surface area contributed by atoms with Crippen LogP contribution in [0.25, 0.3) is 0 Å². The van der Waals surface area contributed by atoms with Crippen molar-refractivity contribution < 1.29 is 4.79 Å². The van der Waals surface area contributed by atoms with E-state index in [1.54, 1.807) is 29.9 Å². The lowest BCUT2D eigenvalue weighted by molar-refractivity contribution is 0.0951. The van der Waals surface area contributed by atoms with Gasteiger partial charge in [-0.3, -0.25) is 9.78 Å². The second-order valence-corrected chi connectivity index (χ2v) is 4.76. The van der Waals surface area contributed by atoms with Crippen LogP contribution in [0.2, 0.25) is 5.02 Å². The van der Waals surface area contributed by atoms with Crippen molar-refractivity contribution in [2.24, 2.45) is 0 Å². The number of nitrogens with zero attached hydrogens (tertiary/aromatic N) is 1. The third-order valence-corrected chi connectivity index (χ3v) is 3.29. The maximum absolute atomic E-state index is 11.8. The number of amides is 1. The highest BCUT2D eigenvalue weighted by Crippen LogP contribution is 2.19. The molecule has 2 aromatic rings. The molecule has 3 N–H and O–H groups in total. The second kappa shape index (κ2) is 5.16. The summed E-state index contributed by atoms with van der Waals surface area (Å²) >= 11 is 7.27. The molecule has 0 aliphatic carbocycles. The molecular weight excluding hydrogens is 258 g/mol. The number of benzene rings is 1. The van der Waals surface area contributed by atoms with Gasteiger partial charge < -0.3 is 11.1 Å². The maximum Gasteiger partial charge on any atom is 0.251 e. The number of nitrogens with two attached hydrogens (primary N) is 1. The number of hydrogen-bond donors (Lipinski definition) is 2. The molecule has 0 spiro atoms. The lowest BCUT2D eigenvalue weighted by Gasteiger charge is -2.05. The summed E-state index contributed by atoms with van der Waals surface area (Å²) in [6.07, 6.45) is 1.72. The smallest absolute Gasteiger partial charge is 0.251 e. The molecule has 1 aromatic carbocycles. The van der Waals surface area contributed by atoms with E-state index >= 15 is 0 Å². The van der Waals surface area contributed by atoms with E-state index in [0.29, 0.717) is 22.8 Å². The van der Waals surface area contributed by atoms with Gasteiger partial charge in [0.1, 0.15) is 0 Å². The summed E-state index contributed by atoms with van der Waals surface area (Å²) < 4.78 is 0. The molecule has 0 aliphatic heterocycles. The van der Waals surface area contributed by atoms with Gasteiger partial charge in [0.25, 0.3) is 5.91 Å². The maximum atomic E-state index is 11.8. The van der Waals surface area contributed by atoms with Crippen LogP contribution < -0.4 is 11.1 Å². The molecule has 0 aliphatic rings. The summed E-state index contributed by atoms with van der Waals surface area (Å²) in [5.41, 5.74) is 8.25. The fourth-order valence-electron chi connectivity index (χ4n) is 1.28. The van der Waals surface area contributed by atoms with E-state index in [2.05, 4.69) is 10.3 Å². The van der Waals surface area contributed by atoms with E-state index in [1.807, 2.05) is 0 Å². The van der Waals surface area contributed by atoms with Gasteiger partial charge in [-0.15, -0.1) is 11.3 Å². The van der Waals surface area contributed by atoms with Crippen molar-refractivity contribution in [3.63, 3.8) is 0 Å². The molecule has 0 saturated carbocycles. The molecular formula is C11H10ClN3OS. The first-order valence-electron chi connectivity index (χ1n) is 4.87. The average molecular weight is 268 g/mol. The number of nitrogen functional groups attached to an aromatic ring is 1. The summed E-state index contributed by atoms with van der Waals surface area (Å²) in [6, 6.07) is 4.81. The Morgan fingerprint density at radius 1 is 1.53 bits per heavy atom. The third-order valence-electron chi connectivity index (χ3n) is 2.16. The summed E-state index contributed by atoms with van der Waals surface area (Å²) in [6.45, 7) is 0.464. The number of carbonyl (C=O) groups is 1. The molecule has 1 aromatic heterocycles. The van der Waals surface area contributed by atoms with E-state index in [1.165, 1.54) is 11.3 Å². The number of hydrogen-bond acceptors (Lipinski definition) is 4. The van der Waals surface area contributed by atoms with Crippen LogP contribution in [0, 0.1) is 0 Å². The topological polar surface area (TPSA) is 68.0 Å². The average Bonchev–Trinajstić information content (AvgIpc) is 2.82. The highest BCUT2D eigenvalue weighted by atomic mass is 35.5. The monoisotopic (exact) mass is 267 g/mol. The van der Waals surface area contributed by atoms with E-state index < -0.39 is 0 Å². The van der Waals surface area contributed by atoms with Gasteiger partial charge in [0.05, 0.1) is 22.8 Å². The molecule has 88 valence electrons. The first-order valence-corrected chi connectivity index (χ1v) is 6.13. The Kier molecular flexibility index (Phi) is 3.61. The molecule has 1 amide bonds. The Labute approximate surface area is 107 Å². The van der Waals surface area contributed by atoms with Crippen molar-refractivity contribution in [2.45, 2.75) is 6.54 Å². The molecule has 0 bridgehead atoms. The number of carbonyl (C=O) groups excluding carboxylic acids is 1. The number of rotatable bonds is 3. The van der Waals surface area contributed by atoms with Gasteiger partial charge >= 0.3 is 0 Å². The fraction of sp³-hybridized carbons (Fsp3) is 0.0909. The molecule has 2 rings (SSSR count). The predicted molar refractivity (Wildman–Crippen MR) is 69.1 cm³/mol. The normalized spacial score (nSPS) is 10.2. The molecule has 0 fully saturated rings. The van der Waals surface area contributed by atoms with Crippen LogP contribution in [-0.2, 0) is 6.54 Å². The Hall–Kier alpha value is -1.59. The van der Waals surface area contributed by atoms with Crippen LogP contribution in [-0.4, -0.2) is 10.9 Å². The van der Waals surface area contributed by atoms with Crippen LogP contribution in [0.15, 0.2) is 29.9 Å². The summed E-state index contributed by atoms with van der Waals surface area (Å²) in [5, 5.41) is 3.23. The van der Waals surface area contributed by atoms with Gasteiger partial charge in [-0.2, -0.15) is 0 Å². The third kappa shape index (κ3) is 2.95. The lowest BCUT2D eigenvalue weighted by Crippen LogP contribution is -2.22. The van der Waals surface area contributed by atoms with E-state index in [9.17, 15) is 4.79 Å². The van der Waals surface area contributed by atoms with Crippen LogP contribution in [0.1, 0.15) is 15.2 Å². The fourth-order valence-corrected chi connectivity index (χ4v) is 1.94. The minimum absolute atomic E-state index is 0.179. The van der Waals surface area contributed by atoms with Gasteiger partial charge in [-0.1, -0.05) is 11.6 Å². The van der Waals surface area contributed by atoms with E-state index in [4.69, 9.17) is 17.3 Å². The Balaban J connectivity index is 2.02. The van der Waals surface area contributed by atoms with Gasteiger partial charge in [-0.05, 0) is 18.2 Å². The Morgan fingerprint density at radius 2 is 2.35 bits per heavy atom. The molecule has 4 nitrogen and oxygen atoms in total. The van der Waals surface area contributed by atoms with Crippen LogP contribution in [0.3, 0.4) is 0 Å². The summed E-state index contributed by atoms with van der Waals surface area (Å²) in [5.74, 6) is -0.179. The lowest BCUT2D eigenvalue weighted by atomic mass is 10.2. The van der Waals surface area contributed by atoms with Crippen molar-refractivity contribution >= 4 is 34.5 Å². The van der Waals surface area contributed by atoms with Crippen molar-refractivity contribution in [3.05, 3.63) is 45.4 Å². The second-order valence-electron chi connectivity index (χ2n) is 3.39. The minimum atomic E-state index is -0.179. The predicted octanol–water partition coefficient (Wildman–Crippen LogP) is 2.31. The number of anilines is 1. The first-order chi connectivity index (χ1) is 8.16. The molecule has 1 heterocycles. The van der Waals surface area contributed by atoms with Crippen LogP contribution in [0.5, 0.6) is 0 Å². The summed E-state index contributed by atoms with van der Waals surface area (Å²) in [4.78, 5) is 16.7. The quantitative estimate of drug-likeness (QED) is 0.839. The molecule has 0 radical (unpaired) electrons. The van der Waals surface area contributed by atoms with E-state index in [-0.39, 0.29) is 5.91 Å². The largest absolute Gasteiger partial charge is 0.398 e. The Morgan fingerprint density at radius 3 is 3.00 bits per heavy atom. The first kappa shape index (κ1) is 11.9. The SMILES string of the molecule is Nc1cc(C(=O)NCc2cncs2)ccc1Cl. The van der Waals surface area contributed by atoms with Crippen molar-refractivity contribution in [2.75, 3.05) is 5.73 Å². The number of aromatic nitrogens is 1. The molecule has 17 heavy (non-hydrogen) atoms. The van der Waals surface area contributed by atoms with Gasteiger partial charge in [0, 0.05) is 16.6 Å². The zero-order chi connectivity index (χ0) is 12.3. The van der Waals surface area contributed by atoms with Crippen LogP contribution in [0.4, 0.5) is 5.69 Å². The standard InChI is InChI=1S/C11H10ClN3OS/c12-9-2-1-7(3-10(9)13)11(16)15-5-8-4-14-6-17-8/h1-4,6H,5,13H2,(H,15,16). The van der Waals surface area contributed by atoms with Crippen molar-refractivity contribution in [1.82, 2.24) is 10.3 Å². The van der Waals surface area contributed by atoms with E-state index in [0.717, 1.165) is 4.88 Å². The number of nitrogens with one attached hydrogen (secondary N) is 1. The highest BCUT2D eigenvalue weighted by Gasteiger charge is 2.07. The Bertz CT molecular complexity index is 528.